The van der Waals surface area contributed by atoms with Crippen molar-refractivity contribution in [3.05, 3.63) is 77.6 Å². The summed E-state index contributed by atoms with van der Waals surface area (Å²) in [6.45, 7) is 5.22. The Hall–Kier alpha value is -2.67. The quantitative estimate of drug-likeness (QED) is 0.609. The molecule has 2 unspecified atom stereocenters. The largest absolute Gasteiger partial charge is 0.454 e. The number of rotatable bonds is 6. The zero-order valence-corrected chi connectivity index (χ0v) is 14.0. The van der Waals surface area contributed by atoms with E-state index in [0.717, 1.165) is 12.1 Å². The number of pyridine rings is 1. The van der Waals surface area contributed by atoms with Crippen LogP contribution in [0.15, 0.2) is 60.9 Å². The molecular weight excluding hydrogens is 347 g/mol. The number of esters is 1. The topological polar surface area (TPSA) is 59.4 Å². The highest BCUT2D eigenvalue weighted by atomic mass is 19.4. The number of hydrogen-bond donors (Lipinski definition) is 1. The third kappa shape index (κ3) is 4.70. The van der Waals surface area contributed by atoms with E-state index in [9.17, 15) is 23.1 Å². The molecule has 138 valence electrons. The molecule has 0 aliphatic heterocycles. The lowest BCUT2D eigenvalue weighted by Crippen LogP contribution is -2.17. The van der Waals surface area contributed by atoms with Gasteiger partial charge in [-0.2, -0.15) is 13.2 Å². The van der Waals surface area contributed by atoms with Crippen LogP contribution in [0.4, 0.5) is 13.2 Å². The molecule has 0 aliphatic carbocycles. The molecule has 2 rings (SSSR count). The Bertz CT molecular complexity index is 775. The van der Waals surface area contributed by atoms with E-state index in [-0.39, 0.29) is 17.6 Å². The normalized spacial score (nSPS) is 13.7. The van der Waals surface area contributed by atoms with E-state index in [1.54, 1.807) is 19.1 Å². The van der Waals surface area contributed by atoms with Crippen molar-refractivity contribution in [3.8, 4) is 0 Å². The summed E-state index contributed by atoms with van der Waals surface area (Å²) in [5.74, 6) is -0.884. The molecular formula is C19H18F3NO3. The molecule has 7 heteroatoms. The van der Waals surface area contributed by atoms with Gasteiger partial charge >= 0.3 is 12.1 Å². The van der Waals surface area contributed by atoms with E-state index in [2.05, 4.69) is 11.6 Å². The minimum absolute atomic E-state index is 0.219. The van der Waals surface area contributed by atoms with Gasteiger partial charge in [0.2, 0.25) is 0 Å². The van der Waals surface area contributed by atoms with E-state index in [1.165, 1.54) is 24.5 Å². The Morgan fingerprint density at radius 3 is 2.54 bits per heavy atom. The van der Waals surface area contributed by atoms with Gasteiger partial charge in [-0.15, -0.1) is 0 Å². The zero-order valence-electron chi connectivity index (χ0n) is 14.0. The van der Waals surface area contributed by atoms with Crippen molar-refractivity contribution in [2.45, 2.75) is 31.7 Å². The Morgan fingerprint density at radius 2 is 1.96 bits per heavy atom. The Kier molecular flexibility index (Phi) is 6.15. The van der Waals surface area contributed by atoms with E-state index < -0.39 is 29.9 Å². The van der Waals surface area contributed by atoms with Crippen LogP contribution in [0.1, 0.15) is 42.2 Å². The van der Waals surface area contributed by atoms with Crippen LogP contribution >= 0.6 is 0 Å². The number of aliphatic hydroxyl groups is 1. The molecule has 0 aliphatic rings. The molecule has 0 spiro atoms. The van der Waals surface area contributed by atoms with Crippen LogP contribution < -0.4 is 0 Å². The average molecular weight is 365 g/mol. The van der Waals surface area contributed by atoms with Crippen molar-refractivity contribution >= 4 is 5.97 Å². The first-order chi connectivity index (χ1) is 12.2. The van der Waals surface area contributed by atoms with Crippen LogP contribution in [0.25, 0.3) is 0 Å². The molecule has 26 heavy (non-hydrogen) atoms. The second kappa shape index (κ2) is 8.14. The van der Waals surface area contributed by atoms with Gasteiger partial charge in [-0.25, -0.2) is 4.79 Å². The van der Waals surface area contributed by atoms with Crippen LogP contribution in [-0.2, 0) is 15.7 Å². The van der Waals surface area contributed by atoms with Gasteiger partial charge in [-0.1, -0.05) is 31.7 Å². The molecule has 2 atom stereocenters. The fourth-order valence-electron chi connectivity index (χ4n) is 2.36. The molecule has 1 aromatic carbocycles. The lowest BCUT2D eigenvalue weighted by atomic mass is 10.0. The SMILES string of the molecule is C=C(C(=O)OC(CC)c1cccc(C(F)(F)F)c1)C(O)c1cccnc1. The first-order valence-corrected chi connectivity index (χ1v) is 7.89. The Labute approximate surface area is 149 Å². The van der Waals surface area contributed by atoms with E-state index in [0.29, 0.717) is 5.56 Å². The number of hydrogen-bond acceptors (Lipinski definition) is 4. The van der Waals surface area contributed by atoms with Crippen molar-refractivity contribution in [3.63, 3.8) is 0 Å². The fraction of sp³-hybridized carbons (Fsp3) is 0.263. The number of aliphatic hydroxyl groups excluding tert-OH is 1. The minimum Gasteiger partial charge on any atom is -0.454 e. The van der Waals surface area contributed by atoms with Gasteiger partial charge in [0.05, 0.1) is 11.1 Å². The Morgan fingerprint density at radius 1 is 1.27 bits per heavy atom. The van der Waals surface area contributed by atoms with Gasteiger partial charge in [0.1, 0.15) is 12.2 Å². The second-order valence-electron chi connectivity index (χ2n) is 5.64. The maximum Gasteiger partial charge on any atom is 0.416 e. The van der Waals surface area contributed by atoms with Crippen LogP contribution in [0.5, 0.6) is 0 Å². The smallest absolute Gasteiger partial charge is 0.416 e. The van der Waals surface area contributed by atoms with Crippen molar-refractivity contribution in [2.75, 3.05) is 0 Å². The highest BCUT2D eigenvalue weighted by Gasteiger charge is 2.31. The molecule has 0 saturated heterocycles. The molecule has 0 radical (unpaired) electrons. The number of halogens is 3. The van der Waals surface area contributed by atoms with E-state index in [4.69, 9.17) is 4.74 Å². The summed E-state index contributed by atoms with van der Waals surface area (Å²) in [6, 6.07) is 7.77. The maximum absolute atomic E-state index is 12.9. The van der Waals surface area contributed by atoms with Crippen LogP contribution in [0, 0.1) is 0 Å². The second-order valence-corrected chi connectivity index (χ2v) is 5.64. The van der Waals surface area contributed by atoms with Gasteiger partial charge < -0.3 is 9.84 Å². The number of nitrogens with zero attached hydrogens (tertiary/aromatic N) is 1. The summed E-state index contributed by atoms with van der Waals surface area (Å²) >= 11 is 0. The number of benzene rings is 1. The van der Waals surface area contributed by atoms with E-state index in [1.807, 2.05) is 0 Å². The van der Waals surface area contributed by atoms with Crippen molar-refractivity contribution in [1.82, 2.24) is 4.98 Å². The molecule has 4 nitrogen and oxygen atoms in total. The molecule has 1 aromatic heterocycles. The van der Waals surface area contributed by atoms with Crippen molar-refractivity contribution in [1.29, 1.82) is 0 Å². The highest BCUT2D eigenvalue weighted by Crippen LogP contribution is 2.32. The van der Waals surface area contributed by atoms with Gasteiger partial charge in [-0.3, -0.25) is 4.98 Å². The summed E-state index contributed by atoms with van der Waals surface area (Å²) in [6.07, 6.45) is -3.52. The fourth-order valence-corrected chi connectivity index (χ4v) is 2.36. The van der Waals surface area contributed by atoms with Crippen LogP contribution in [0.3, 0.4) is 0 Å². The highest BCUT2D eigenvalue weighted by molar-refractivity contribution is 5.89. The van der Waals surface area contributed by atoms with Crippen LogP contribution in [-0.4, -0.2) is 16.1 Å². The summed E-state index contributed by atoms with van der Waals surface area (Å²) in [7, 11) is 0. The van der Waals surface area contributed by atoms with Gasteiger partial charge in [0, 0.05) is 18.0 Å². The number of alkyl halides is 3. The van der Waals surface area contributed by atoms with Gasteiger partial charge in [0.15, 0.2) is 0 Å². The lowest BCUT2D eigenvalue weighted by Gasteiger charge is -2.20. The standard InChI is InChI=1S/C19H18F3NO3/c1-3-16(13-6-4-8-15(10-13)19(20,21)22)26-18(25)12(2)17(24)14-7-5-9-23-11-14/h4-11,16-17,24H,2-3H2,1H3. The predicted octanol–water partition coefficient (Wildman–Crippen LogP) is 4.38. The first-order valence-electron chi connectivity index (χ1n) is 7.89. The molecule has 0 saturated carbocycles. The van der Waals surface area contributed by atoms with Crippen LogP contribution in [0.2, 0.25) is 0 Å². The lowest BCUT2D eigenvalue weighted by molar-refractivity contribution is -0.146. The van der Waals surface area contributed by atoms with E-state index >= 15 is 0 Å². The first kappa shape index (κ1) is 19.7. The maximum atomic E-state index is 12.9. The summed E-state index contributed by atoms with van der Waals surface area (Å²) < 4.78 is 43.8. The number of aromatic nitrogens is 1. The summed E-state index contributed by atoms with van der Waals surface area (Å²) in [5, 5.41) is 10.2. The molecule has 1 heterocycles. The molecule has 1 N–H and O–H groups in total. The predicted molar refractivity (Wildman–Crippen MR) is 88.9 cm³/mol. The Balaban J connectivity index is 2.14. The average Bonchev–Trinajstić information content (AvgIpc) is 2.64. The molecule has 0 amide bonds. The third-order valence-corrected chi connectivity index (χ3v) is 3.80. The summed E-state index contributed by atoms with van der Waals surface area (Å²) in [5.41, 5.74) is -0.456. The van der Waals surface area contributed by atoms with Crippen molar-refractivity contribution in [2.24, 2.45) is 0 Å². The number of ether oxygens (including phenoxy) is 1. The molecule has 0 fully saturated rings. The molecule has 2 aromatic rings. The number of carbonyl (C=O) groups excluding carboxylic acids is 1. The zero-order chi connectivity index (χ0) is 19.3. The molecule has 0 bridgehead atoms. The third-order valence-electron chi connectivity index (χ3n) is 3.80. The monoisotopic (exact) mass is 365 g/mol. The minimum atomic E-state index is -4.49. The van der Waals surface area contributed by atoms with Gasteiger partial charge in [-0.05, 0) is 30.2 Å². The van der Waals surface area contributed by atoms with Crippen molar-refractivity contribution < 1.29 is 27.8 Å². The van der Waals surface area contributed by atoms with Gasteiger partial charge in [0.25, 0.3) is 0 Å². The summed E-state index contributed by atoms with van der Waals surface area (Å²) in [4.78, 5) is 16.1. The number of carbonyl (C=O) groups is 1.